The standard InChI is InChI=1S/C10H20ClSi/c1-3-5-8-12(10-7-11)9-6-4-2/h7,10H,3-6,8-9H2,1-2H3. The number of unbranched alkanes of at least 4 members (excludes halogenated alkanes) is 2. The molecule has 0 aliphatic heterocycles. The first kappa shape index (κ1) is 12.2. The van der Waals surface area contributed by atoms with Crippen molar-refractivity contribution in [3.63, 3.8) is 0 Å². The lowest BCUT2D eigenvalue weighted by molar-refractivity contribution is 0.845. The van der Waals surface area contributed by atoms with Crippen LogP contribution in [0, 0.1) is 0 Å². The van der Waals surface area contributed by atoms with Crippen LogP contribution < -0.4 is 0 Å². The molecule has 0 aliphatic carbocycles. The van der Waals surface area contributed by atoms with Gasteiger partial charge in [-0.3, -0.25) is 0 Å². The zero-order valence-electron chi connectivity index (χ0n) is 8.28. The Morgan fingerprint density at radius 1 is 1.08 bits per heavy atom. The van der Waals surface area contributed by atoms with E-state index in [0.717, 1.165) is 0 Å². The van der Waals surface area contributed by atoms with Crippen molar-refractivity contribution in [2.75, 3.05) is 0 Å². The van der Waals surface area contributed by atoms with Gasteiger partial charge in [0.15, 0.2) is 0 Å². The summed E-state index contributed by atoms with van der Waals surface area (Å²) in [4.78, 5) is 0. The van der Waals surface area contributed by atoms with E-state index >= 15 is 0 Å². The number of hydrogen-bond acceptors (Lipinski definition) is 0. The summed E-state index contributed by atoms with van der Waals surface area (Å²) in [6.45, 7) is 4.51. The molecular weight excluding hydrogens is 184 g/mol. The van der Waals surface area contributed by atoms with Crippen LogP contribution in [0.15, 0.2) is 11.2 Å². The Balaban J connectivity index is 3.54. The van der Waals surface area contributed by atoms with Crippen molar-refractivity contribution < 1.29 is 0 Å². The van der Waals surface area contributed by atoms with Gasteiger partial charge in [0, 0.05) is 0 Å². The van der Waals surface area contributed by atoms with Gasteiger partial charge in [-0.05, 0) is 5.54 Å². The summed E-state index contributed by atoms with van der Waals surface area (Å²) in [6, 6.07) is 2.81. The van der Waals surface area contributed by atoms with Gasteiger partial charge in [-0.1, -0.05) is 68.9 Å². The molecule has 0 aromatic carbocycles. The Morgan fingerprint density at radius 3 is 1.92 bits per heavy atom. The third-order valence-electron chi connectivity index (χ3n) is 2.00. The van der Waals surface area contributed by atoms with E-state index in [0.29, 0.717) is 0 Å². The second-order valence-corrected chi connectivity index (χ2v) is 6.06. The summed E-state index contributed by atoms with van der Waals surface area (Å²) in [7, 11) is -0.233. The largest absolute Gasteiger partial charge is 0.0937 e. The fraction of sp³-hybridized carbons (Fsp3) is 0.800. The van der Waals surface area contributed by atoms with Crippen LogP contribution in [0.1, 0.15) is 39.5 Å². The highest BCUT2D eigenvalue weighted by molar-refractivity contribution is 6.65. The maximum atomic E-state index is 5.60. The van der Waals surface area contributed by atoms with Crippen molar-refractivity contribution in [3.05, 3.63) is 11.2 Å². The molecule has 0 N–H and O–H groups in total. The van der Waals surface area contributed by atoms with Gasteiger partial charge in [-0.2, -0.15) is 0 Å². The molecule has 2 heteroatoms. The molecule has 0 aromatic heterocycles. The predicted octanol–water partition coefficient (Wildman–Crippen LogP) is 4.37. The summed E-state index contributed by atoms with van der Waals surface area (Å²) >= 11 is 5.60. The average Bonchev–Trinajstić information content (AvgIpc) is 2.10. The quantitative estimate of drug-likeness (QED) is 0.539. The smallest absolute Gasteiger partial charge is 0.0769 e. The molecule has 0 fully saturated rings. The fourth-order valence-electron chi connectivity index (χ4n) is 1.19. The minimum absolute atomic E-state index is 0.233. The normalized spacial score (nSPS) is 11.7. The average molecular weight is 204 g/mol. The van der Waals surface area contributed by atoms with Crippen LogP contribution in [0.25, 0.3) is 0 Å². The lowest BCUT2D eigenvalue weighted by atomic mass is 10.4. The molecule has 0 nitrogen and oxygen atoms in total. The van der Waals surface area contributed by atoms with Gasteiger partial charge in [0.2, 0.25) is 0 Å². The van der Waals surface area contributed by atoms with Crippen LogP contribution in [0.2, 0.25) is 12.1 Å². The Kier molecular flexibility index (Phi) is 9.53. The monoisotopic (exact) mass is 203 g/mol. The fourth-order valence-corrected chi connectivity index (χ4v) is 4.10. The van der Waals surface area contributed by atoms with Crippen molar-refractivity contribution in [2.45, 2.75) is 51.6 Å². The topological polar surface area (TPSA) is 0 Å². The third-order valence-corrected chi connectivity index (χ3v) is 4.97. The van der Waals surface area contributed by atoms with Crippen molar-refractivity contribution >= 4 is 20.4 Å². The summed E-state index contributed by atoms with van der Waals surface area (Å²) in [5.74, 6) is 0. The van der Waals surface area contributed by atoms with Gasteiger partial charge >= 0.3 is 0 Å². The van der Waals surface area contributed by atoms with Crippen molar-refractivity contribution in [2.24, 2.45) is 0 Å². The number of hydrogen-bond donors (Lipinski definition) is 0. The van der Waals surface area contributed by atoms with Crippen molar-refractivity contribution in [1.29, 1.82) is 0 Å². The molecule has 0 aromatic rings. The van der Waals surface area contributed by atoms with Gasteiger partial charge < -0.3 is 0 Å². The van der Waals surface area contributed by atoms with Crippen LogP contribution in [-0.2, 0) is 0 Å². The first-order valence-electron chi connectivity index (χ1n) is 4.96. The van der Waals surface area contributed by atoms with E-state index in [1.807, 2.05) is 0 Å². The SMILES string of the molecule is CCCC[Si](C=CCl)CCCC. The maximum Gasteiger partial charge on any atom is 0.0769 e. The van der Waals surface area contributed by atoms with Gasteiger partial charge in [0.1, 0.15) is 0 Å². The van der Waals surface area contributed by atoms with Crippen LogP contribution in [0.5, 0.6) is 0 Å². The molecule has 12 heavy (non-hydrogen) atoms. The summed E-state index contributed by atoms with van der Waals surface area (Å²) in [6.07, 6.45) is 5.38. The molecule has 0 atom stereocenters. The van der Waals surface area contributed by atoms with Gasteiger partial charge in [-0.15, -0.1) is 0 Å². The zero-order chi connectivity index (χ0) is 9.23. The lowest BCUT2D eigenvalue weighted by Gasteiger charge is -2.07. The first-order chi connectivity index (χ1) is 5.85. The summed E-state index contributed by atoms with van der Waals surface area (Å²) in [5.41, 5.74) is 3.97. The minimum atomic E-state index is -0.233. The van der Waals surface area contributed by atoms with E-state index in [2.05, 4.69) is 19.5 Å². The second-order valence-electron chi connectivity index (χ2n) is 3.16. The van der Waals surface area contributed by atoms with Crippen molar-refractivity contribution in [1.82, 2.24) is 0 Å². The summed E-state index contributed by atoms with van der Waals surface area (Å²) < 4.78 is 0. The molecule has 0 saturated heterocycles. The molecule has 0 bridgehead atoms. The van der Waals surface area contributed by atoms with Crippen LogP contribution in [0.4, 0.5) is 0 Å². The zero-order valence-corrected chi connectivity index (χ0v) is 10.0. The van der Waals surface area contributed by atoms with E-state index in [1.165, 1.54) is 37.8 Å². The molecule has 0 heterocycles. The molecular formula is C10H20ClSi. The lowest BCUT2D eigenvalue weighted by Crippen LogP contribution is -2.07. The maximum absolute atomic E-state index is 5.60. The molecule has 0 saturated carbocycles. The highest BCUT2D eigenvalue weighted by Gasteiger charge is 2.05. The van der Waals surface area contributed by atoms with E-state index in [4.69, 9.17) is 11.6 Å². The Hall–Kier alpha value is 0.247. The van der Waals surface area contributed by atoms with E-state index in [9.17, 15) is 0 Å². The van der Waals surface area contributed by atoms with Crippen LogP contribution in [0.3, 0.4) is 0 Å². The predicted molar refractivity (Wildman–Crippen MR) is 60.2 cm³/mol. The minimum Gasteiger partial charge on any atom is -0.0937 e. The molecule has 0 unspecified atom stereocenters. The highest BCUT2D eigenvalue weighted by atomic mass is 35.5. The van der Waals surface area contributed by atoms with Crippen molar-refractivity contribution in [3.8, 4) is 0 Å². The highest BCUT2D eigenvalue weighted by Crippen LogP contribution is 2.11. The Morgan fingerprint density at radius 2 is 1.58 bits per heavy atom. The third kappa shape index (κ3) is 6.93. The molecule has 0 amide bonds. The number of halogens is 1. The number of rotatable bonds is 7. The van der Waals surface area contributed by atoms with Crippen LogP contribution >= 0.6 is 11.6 Å². The Labute approximate surface area is 83.6 Å². The van der Waals surface area contributed by atoms with E-state index in [-0.39, 0.29) is 8.80 Å². The van der Waals surface area contributed by atoms with Gasteiger partial charge in [0.05, 0.1) is 8.80 Å². The van der Waals surface area contributed by atoms with E-state index in [1.54, 1.807) is 5.54 Å². The van der Waals surface area contributed by atoms with Gasteiger partial charge in [0.25, 0.3) is 0 Å². The molecule has 0 rings (SSSR count). The molecule has 0 aliphatic rings. The van der Waals surface area contributed by atoms with Crippen LogP contribution in [-0.4, -0.2) is 8.80 Å². The molecule has 71 valence electrons. The van der Waals surface area contributed by atoms with Gasteiger partial charge in [-0.25, -0.2) is 0 Å². The molecule has 1 radical (unpaired) electrons. The molecule has 0 spiro atoms. The first-order valence-corrected chi connectivity index (χ1v) is 7.39. The Bertz CT molecular complexity index is 104. The summed E-state index contributed by atoms with van der Waals surface area (Å²) in [5, 5.41) is 0. The van der Waals surface area contributed by atoms with E-state index < -0.39 is 0 Å². The second kappa shape index (κ2) is 9.34.